The normalized spacial score (nSPS) is 24.1. The van der Waals surface area contributed by atoms with Crippen molar-refractivity contribution in [2.75, 3.05) is 55.6 Å². The summed E-state index contributed by atoms with van der Waals surface area (Å²) in [5.74, 6) is 0.257. The van der Waals surface area contributed by atoms with Gasteiger partial charge in [0.1, 0.15) is 11.9 Å². The van der Waals surface area contributed by atoms with Gasteiger partial charge in [-0.15, -0.1) is 0 Å². The number of benzene rings is 2. The molecule has 196 valence electrons. The number of cyclic esters (lactones) is 1. The summed E-state index contributed by atoms with van der Waals surface area (Å²) >= 11 is 5.01. The van der Waals surface area contributed by atoms with Gasteiger partial charge in [0.2, 0.25) is 0 Å². The Morgan fingerprint density at radius 1 is 1.14 bits per heavy atom. The summed E-state index contributed by atoms with van der Waals surface area (Å²) in [5, 5.41) is 3.01. The van der Waals surface area contributed by atoms with Crippen LogP contribution in [0.1, 0.15) is 42.1 Å². The minimum absolute atomic E-state index is 0.000355. The van der Waals surface area contributed by atoms with E-state index in [0.29, 0.717) is 48.5 Å². The van der Waals surface area contributed by atoms with Gasteiger partial charge in [0.25, 0.3) is 0 Å². The van der Waals surface area contributed by atoms with E-state index in [4.69, 9.17) is 17.0 Å². The Labute approximate surface area is 222 Å². The third kappa shape index (κ3) is 5.48. The van der Waals surface area contributed by atoms with Gasteiger partial charge in [-0.2, -0.15) is 0 Å². The summed E-state index contributed by atoms with van der Waals surface area (Å²) in [7, 11) is 0. The molecule has 37 heavy (non-hydrogen) atoms. The third-order valence-electron chi connectivity index (χ3n) is 7.65. The molecular weight excluding hydrogens is 491 g/mol. The topological polar surface area (TPSA) is 65.1 Å². The molecule has 1 N–H and O–H groups in total. The number of piperazine rings is 1. The van der Waals surface area contributed by atoms with Gasteiger partial charge in [0, 0.05) is 44.2 Å². The second kappa shape index (κ2) is 10.8. The monoisotopic (exact) mass is 524 g/mol. The number of halogens is 1. The molecule has 0 spiro atoms. The molecule has 1 aliphatic carbocycles. The van der Waals surface area contributed by atoms with E-state index in [9.17, 15) is 9.59 Å². The van der Waals surface area contributed by atoms with Gasteiger partial charge in [0.15, 0.2) is 5.78 Å². The van der Waals surface area contributed by atoms with Gasteiger partial charge in [-0.1, -0.05) is 43.4 Å². The lowest BCUT2D eigenvalue weighted by Crippen LogP contribution is -2.49. The highest BCUT2D eigenvalue weighted by atomic mass is 32.1. The smallest absolute Gasteiger partial charge is 0.414 e. The van der Waals surface area contributed by atoms with E-state index in [-0.39, 0.29) is 23.6 Å². The lowest BCUT2D eigenvalue weighted by Gasteiger charge is -2.39. The van der Waals surface area contributed by atoms with E-state index in [0.717, 1.165) is 37.2 Å². The van der Waals surface area contributed by atoms with Crippen LogP contribution in [0.2, 0.25) is 0 Å². The fourth-order valence-corrected chi connectivity index (χ4v) is 5.77. The Morgan fingerprint density at radius 3 is 2.62 bits per heavy atom. The van der Waals surface area contributed by atoms with Crippen LogP contribution < -0.4 is 15.1 Å². The van der Waals surface area contributed by atoms with Crippen molar-refractivity contribution in [3.8, 4) is 0 Å². The van der Waals surface area contributed by atoms with E-state index >= 15 is 4.39 Å². The van der Waals surface area contributed by atoms with Crippen LogP contribution in [0.3, 0.4) is 0 Å². The van der Waals surface area contributed by atoms with Crippen LogP contribution in [0.5, 0.6) is 0 Å². The SMILES string of the molecule is CC(=S)NC[C@H]1CN(c2ccc(N3CCN(CC4CC(C)c5ccccc5C4=O)CC3)c(F)c2)C(=O)O1. The fourth-order valence-electron chi connectivity index (χ4n) is 5.69. The Bertz CT molecular complexity index is 1200. The molecule has 3 aliphatic rings. The Kier molecular flexibility index (Phi) is 7.44. The van der Waals surface area contributed by atoms with Crippen molar-refractivity contribution in [2.24, 2.45) is 5.92 Å². The molecule has 9 heteroatoms. The third-order valence-corrected chi connectivity index (χ3v) is 7.80. The van der Waals surface area contributed by atoms with Crippen LogP contribution in [0.15, 0.2) is 42.5 Å². The van der Waals surface area contributed by atoms with E-state index in [1.807, 2.05) is 23.1 Å². The molecule has 0 aromatic heterocycles. The van der Waals surface area contributed by atoms with Crippen LogP contribution in [-0.4, -0.2) is 73.7 Å². The Hall–Kier alpha value is -3.04. The molecule has 3 atom stereocenters. The predicted octanol–water partition coefficient (Wildman–Crippen LogP) is 4.22. The van der Waals surface area contributed by atoms with Crippen LogP contribution >= 0.6 is 12.2 Å². The van der Waals surface area contributed by atoms with E-state index in [1.54, 1.807) is 19.1 Å². The Balaban J connectivity index is 1.17. The first kappa shape index (κ1) is 25.6. The average molecular weight is 525 g/mol. The number of ether oxygens (including phenoxy) is 1. The van der Waals surface area contributed by atoms with E-state index in [1.165, 1.54) is 11.0 Å². The van der Waals surface area contributed by atoms with Crippen molar-refractivity contribution >= 4 is 40.5 Å². The molecule has 2 saturated heterocycles. The summed E-state index contributed by atoms with van der Waals surface area (Å²) in [6.07, 6.45) is 0.0464. The number of anilines is 2. The van der Waals surface area contributed by atoms with Crippen LogP contribution in [-0.2, 0) is 4.74 Å². The highest BCUT2D eigenvalue weighted by Gasteiger charge is 2.34. The molecule has 2 fully saturated rings. The zero-order chi connectivity index (χ0) is 26.1. The molecule has 2 aromatic rings. The summed E-state index contributed by atoms with van der Waals surface area (Å²) in [6, 6.07) is 12.9. The highest BCUT2D eigenvalue weighted by Crippen LogP contribution is 2.35. The van der Waals surface area contributed by atoms with Gasteiger partial charge in [-0.25, -0.2) is 9.18 Å². The van der Waals surface area contributed by atoms with Crippen molar-refractivity contribution in [3.63, 3.8) is 0 Å². The van der Waals surface area contributed by atoms with Gasteiger partial charge < -0.3 is 15.0 Å². The van der Waals surface area contributed by atoms with Crippen molar-refractivity contribution in [1.82, 2.24) is 10.2 Å². The summed E-state index contributed by atoms with van der Waals surface area (Å²) in [4.78, 5) is 31.8. The maximum absolute atomic E-state index is 15.2. The van der Waals surface area contributed by atoms with Crippen LogP contribution in [0, 0.1) is 11.7 Å². The molecule has 2 aliphatic heterocycles. The minimum atomic E-state index is -0.483. The zero-order valence-corrected chi connectivity index (χ0v) is 22.1. The van der Waals surface area contributed by atoms with Crippen molar-refractivity contribution in [1.29, 1.82) is 0 Å². The number of rotatable bonds is 6. The second-order valence-corrected chi connectivity index (χ2v) is 10.9. The number of hydrogen-bond acceptors (Lipinski definition) is 6. The number of ketones is 1. The van der Waals surface area contributed by atoms with Crippen LogP contribution in [0.4, 0.5) is 20.6 Å². The number of hydrogen-bond donors (Lipinski definition) is 1. The van der Waals surface area contributed by atoms with E-state index in [2.05, 4.69) is 23.2 Å². The first-order valence-electron chi connectivity index (χ1n) is 12.9. The quantitative estimate of drug-likeness (QED) is 0.568. The Morgan fingerprint density at radius 2 is 1.89 bits per heavy atom. The first-order valence-corrected chi connectivity index (χ1v) is 13.3. The molecular formula is C28H33FN4O3S. The molecule has 2 aromatic carbocycles. The van der Waals surface area contributed by atoms with E-state index < -0.39 is 6.09 Å². The molecule has 2 heterocycles. The summed E-state index contributed by atoms with van der Waals surface area (Å²) < 4.78 is 20.5. The first-order chi connectivity index (χ1) is 17.8. The lowest BCUT2D eigenvalue weighted by atomic mass is 9.76. The maximum Gasteiger partial charge on any atom is 0.414 e. The van der Waals surface area contributed by atoms with Gasteiger partial charge in [-0.3, -0.25) is 14.6 Å². The van der Waals surface area contributed by atoms with Gasteiger partial charge in [-0.05, 0) is 43.0 Å². The number of Topliss-reactive ketones (excluding diaryl/α,β-unsaturated/α-hetero) is 1. The molecule has 7 nitrogen and oxygen atoms in total. The minimum Gasteiger partial charge on any atom is -0.442 e. The molecule has 2 unspecified atom stereocenters. The number of carbonyl (C=O) groups excluding carboxylic acids is 2. The highest BCUT2D eigenvalue weighted by molar-refractivity contribution is 7.80. The average Bonchev–Trinajstić information content (AvgIpc) is 3.27. The van der Waals surface area contributed by atoms with Crippen molar-refractivity contribution < 1.29 is 18.7 Å². The van der Waals surface area contributed by atoms with Crippen molar-refractivity contribution in [2.45, 2.75) is 32.3 Å². The van der Waals surface area contributed by atoms with Crippen LogP contribution in [0.25, 0.3) is 0 Å². The standard InChI is InChI=1S/C28H33FN4O3S/c1-18-13-20(27(34)24-6-4-3-5-23(18)24)16-31-9-11-32(12-10-31)26-8-7-21(14-25(26)29)33-17-22(36-28(33)35)15-30-19(2)37/h3-8,14,18,20,22H,9-13,15-17H2,1-2H3,(H,30,37)/t18?,20?,22-/m0/s1. The van der Waals surface area contributed by atoms with Gasteiger partial charge >= 0.3 is 6.09 Å². The number of carbonyl (C=O) groups is 2. The number of thiocarbonyl (C=S) groups is 1. The molecule has 0 saturated carbocycles. The zero-order valence-electron chi connectivity index (χ0n) is 21.3. The predicted molar refractivity (Wildman–Crippen MR) is 146 cm³/mol. The molecule has 0 radical (unpaired) electrons. The molecule has 5 rings (SSSR count). The number of fused-ring (bicyclic) bond motifs is 1. The molecule has 1 amide bonds. The van der Waals surface area contributed by atoms with Gasteiger partial charge in [0.05, 0.1) is 29.5 Å². The number of nitrogens with one attached hydrogen (secondary N) is 1. The van der Waals surface area contributed by atoms with Crippen molar-refractivity contribution in [3.05, 3.63) is 59.4 Å². The maximum atomic E-state index is 15.2. The number of nitrogens with zero attached hydrogens (tertiary/aromatic N) is 3. The second-order valence-electron chi connectivity index (χ2n) is 10.3. The summed E-state index contributed by atoms with van der Waals surface area (Å²) in [5.41, 5.74) is 3.04. The number of amides is 1. The largest absolute Gasteiger partial charge is 0.442 e. The summed E-state index contributed by atoms with van der Waals surface area (Å²) in [6.45, 7) is 8.38. The fraction of sp³-hybridized carbons (Fsp3) is 0.464. The molecule has 0 bridgehead atoms. The lowest BCUT2D eigenvalue weighted by molar-refractivity contribution is 0.0844.